The number of ether oxygens (including phenoxy) is 6. The molecule has 1 unspecified atom stereocenters. The monoisotopic (exact) mass is 895 g/mol. The van der Waals surface area contributed by atoms with Crippen LogP contribution in [-0.2, 0) is 52.4 Å². The van der Waals surface area contributed by atoms with Crippen LogP contribution in [0.5, 0.6) is 0 Å². The summed E-state index contributed by atoms with van der Waals surface area (Å²) >= 11 is 0. The summed E-state index contributed by atoms with van der Waals surface area (Å²) in [4.78, 5) is 97.4. The molecule has 3 N–H and O–H groups in total. The van der Waals surface area contributed by atoms with Crippen LogP contribution < -0.4 is 5.32 Å². The number of rotatable bonds is 11. The summed E-state index contributed by atoms with van der Waals surface area (Å²) in [5.74, 6) is -7.79. The Bertz CT molecular complexity index is 2400. The van der Waals surface area contributed by atoms with Crippen LogP contribution in [0, 0.1) is 16.7 Å². The molecule has 3 aliphatic carbocycles. The number of nitrogens with one attached hydrogen (secondary N) is 1. The third kappa shape index (κ3) is 8.12. The Kier molecular flexibility index (Phi) is 12.7. The fourth-order valence-electron chi connectivity index (χ4n) is 10.5. The number of aliphatic hydroxyl groups is 2. The fraction of sp³-hybridized carbons (Fsp3) is 0.449. The first kappa shape index (κ1) is 46.8. The molecule has 1 saturated heterocycles. The van der Waals surface area contributed by atoms with E-state index in [-0.39, 0.29) is 35.3 Å². The second-order valence-electron chi connectivity index (χ2n) is 17.9. The zero-order valence-electron chi connectivity index (χ0n) is 37.1. The lowest BCUT2D eigenvalue weighted by atomic mass is 9.44. The maximum Gasteiger partial charge on any atom is 0.350 e. The summed E-state index contributed by atoms with van der Waals surface area (Å²) in [7, 11) is 0. The molecule has 0 aromatic heterocycles. The zero-order valence-corrected chi connectivity index (χ0v) is 37.1. The van der Waals surface area contributed by atoms with Gasteiger partial charge in [0.05, 0.1) is 29.6 Å². The van der Waals surface area contributed by atoms with Gasteiger partial charge in [0.15, 0.2) is 17.5 Å². The quantitative estimate of drug-likeness (QED) is 0.139. The first-order valence-electron chi connectivity index (χ1n) is 21.4. The minimum Gasteiger partial charge on any atom is -0.455 e. The first-order chi connectivity index (χ1) is 30.7. The standard InChI is InChI=1S/C49H53NO15/c1-26-33(63-45(58)39(62-28(3)52)37(30-17-11-8-12-18-30)50-43(56)31-19-13-9-14-20-31)24-49(59)42(64-44(57)32-21-15-10-16-22-32)40-47(7,34(54)23-35-48(40,25-60-35)65-29(4)53)41(55)38(61-27(2)51)36(26)46(49,5)6/h8-22,33-35,37-40,42,54,59H,23-25H2,1-7H3,(H,50,56)/t33-,34-,35+,37?,38+,39+,40-,42-,47+,48-,49+/m0/s1. The van der Waals surface area contributed by atoms with Crippen LogP contribution in [0.4, 0.5) is 0 Å². The smallest absolute Gasteiger partial charge is 0.350 e. The highest BCUT2D eigenvalue weighted by Gasteiger charge is 2.78. The van der Waals surface area contributed by atoms with E-state index in [9.17, 15) is 39.0 Å². The van der Waals surface area contributed by atoms with Crippen LogP contribution in [0.3, 0.4) is 0 Å². The van der Waals surface area contributed by atoms with Gasteiger partial charge in [-0.3, -0.25) is 24.0 Å². The maximum atomic E-state index is 15.6. The van der Waals surface area contributed by atoms with Gasteiger partial charge in [-0.15, -0.1) is 0 Å². The number of hydrogen-bond donors (Lipinski definition) is 3. The van der Waals surface area contributed by atoms with Crippen molar-refractivity contribution in [1.29, 1.82) is 0 Å². The van der Waals surface area contributed by atoms with Crippen LogP contribution in [0.25, 0.3) is 0 Å². The van der Waals surface area contributed by atoms with Crippen molar-refractivity contribution in [3.05, 3.63) is 119 Å². The van der Waals surface area contributed by atoms with Crippen LogP contribution in [0.15, 0.2) is 102 Å². The molecule has 1 amide bonds. The van der Waals surface area contributed by atoms with Crippen LogP contribution in [0.1, 0.15) is 93.6 Å². The lowest BCUT2D eigenvalue weighted by molar-refractivity contribution is -0.346. The van der Waals surface area contributed by atoms with Gasteiger partial charge in [0, 0.05) is 44.6 Å². The van der Waals surface area contributed by atoms with E-state index in [2.05, 4.69) is 5.32 Å². The molecular weight excluding hydrogens is 843 g/mol. The first-order valence-corrected chi connectivity index (χ1v) is 21.4. The molecule has 65 heavy (non-hydrogen) atoms. The molecular formula is C49H53NO15. The van der Waals surface area contributed by atoms with Gasteiger partial charge >= 0.3 is 29.8 Å². The molecule has 1 heterocycles. The molecule has 16 heteroatoms. The topological polar surface area (TPSA) is 227 Å². The van der Waals surface area contributed by atoms with Crippen molar-refractivity contribution >= 4 is 41.5 Å². The van der Waals surface area contributed by atoms with Gasteiger partial charge in [-0.05, 0) is 54.8 Å². The number of carbonyl (C=O) groups excluding carboxylic acids is 7. The number of aliphatic hydroxyl groups excluding tert-OH is 1. The number of hydrogen-bond acceptors (Lipinski definition) is 15. The highest BCUT2D eigenvalue weighted by atomic mass is 16.6. The Morgan fingerprint density at radius 3 is 1.91 bits per heavy atom. The number of fused-ring (bicyclic) bond motifs is 5. The fourth-order valence-corrected chi connectivity index (χ4v) is 10.5. The van der Waals surface area contributed by atoms with E-state index >= 15 is 4.79 Å². The summed E-state index contributed by atoms with van der Waals surface area (Å²) in [5.41, 5.74) is -7.20. The van der Waals surface area contributed by atoms with Crippen molar-refractivity contribution < 1.29 is 72.2 Å². The molecule has 0 radical (unpaired) electrons. The lowest BCUT2D eigenvalue weighted by Gasteiger charge is -2.67. The number of ketones is 1. The Balaban J connectivity index is 1.42. The van der Waals surface area contributed by atoms with E-state index in [0.29, 0.717) is 5.56 Å². The molecule has 0 spiro atoms. The number of amides is 1. The molecule has 3 aromatic carbocycles. The van der Waals surface area contributed by atoms with Gasteiger partial charge in [-0.25, -0.2) is 9.59 Å². The van der Waals surface area contributed by atoms with Gasteiger partial charge in [0.2, 0.25) is 6.10 Å². The van der Waals surface area contributed by atoms with Crippen molar-refractivity contribution in [2.24, 2.45) is 16.7 Å². The van der Waals surface area contributed by atoms with E-state index in [1.165, 1.54) is 26.0 Å². The van der Waals surface area contributed by atoms with E-state index < -0.39 is 119 Å². The number of Topliss-reactive ketones (excluding diaryl/α,β-unsaturated/α-hetero) is 1. The van der Waals surface area contributed by atoms with Crippen molar-refractivity contribution in [2.45, 2.75) is 115 Å². The second-order valence-corrected chi connectivity index (χ2v) is 17.9. The molecule has 1 aliphatic heterocycles. The van der Waals surface area contributed by atoms with Crippen molar-refractivity contribution in [3.63, 3.8) is 0 Å². The summed E-state index contributed by atoms with van der Waals surface area (Å²) in [5, 5.41) is 28.7. The molecule has 11 atom stereocenters. The van der Waals surface area contributed by atoms with E-state index in [4.69, 9.17) is 28.4 Å². The van der Waals surface area contributed by atoms with Crippen LogP contribution in [0.2, 0.25) is 0 Å². The van der Waals surface area contributed by atoms with E-state index in [1.807, 2.05) is 0 Å². The van der Waals surface area contributed by atoms with Gasteiger partial charge < -0.3 is 44.0 Å². The lowest BCUT2D eigenvalue weighted by Crippen LogP contribution is -2.82. The number of esters is 5. The Hall–Kier alpha value is -6.23. The minimum atomic E-state index is -2.43. The highest BCUT2D eigenvalue weighted by molar-refractivity contribution is 5.96. The summed E-state index contributed by atoms with van der Waals surface area (Å²) in [6.45, 7) is 8.99. The Morgan fingerprint density at radius 1 is 0.785 bits per heavy atom. The normalized spacial score (nSPS) is 30.8. The zero-order chi connectivity index (χ0) is 47.2. The van der Waals surface area contributed by atoms with E-state index in [1.54, 1.807) is 92.7 Å². The van der Waals surface area contributed by atoms with Crippen LogP contribution in [-0.4, -0.2) is 106 Å². The molecule has 3 aromatic rings. The van der Waals surface area contributed by atoms with E-state index in [0.717, 1.165) is 20.8 Å². The second kappa shape index (κ2) is 17.6. The molecule has 2 saturated carbocycles. The van der Waals surface area contributed by atoms with Gasteiger partial charge in [-0.2, -0.15) is 0 Å². The van der Waals surface area contributed by atoms with Crippen molar-refractivity contribution in [1.82, 2.24) is 5.32 Å². The Morgan fingerprint density at radius 2 is 1.37 bits per heavy atom. The van der Waals surface area contributed by atoms with Crippen LogP contribution >= 0.6 is 0 Å². The van der Waals surface area contributed by atoms with Gasteiger partial charge in [0.25, 0.3) is 5.91 Å². The molecule has 2 bridgehead atoms. The predicted molar refractivity (Wildman–Crippen MR) is 227 cm³/mol. The molecule has 344 valence electrons. The largest absolute Gasteiger partial charge is 0.455 e. The molecule has 7 rings (SSSR count). The molecule has 3 fully saturated rings. The summed E-state index contributed by atoms with van der Waals surface area (Å²) in [6.07, 6.45) is -10.5. The molecule has 4 aliphatic rings. The summed E-state index contributed by atoms with van der Waals surface area (Å²) in [6, 6.07) is 22.9. The van der Waals surface area contributed by atoms with Crippen molar-refractivity contribution in [3.8, 4) is 0 Å². The van der Waals surface area contributed by atoms with Crippen molar-refractivity contribution in [2.75, 3.05) is 6.61 Å². The Labute approximate surface area is 375 Å². The van der Waals surface area contributed by atoms with Gasteiger partial charge in [-0.1, -0.05) is 80.6 Å². The molecule has 16 nitrogen and oxygen atoms in total. The third-order valence-corrected chi connectivity index (χ3v) is 13.8. The van der Waals surface area contributed by atoms with Gasteiger partial charge in [0.1, 0.15) is 30.0 Å². The SMILES string of the molecule is CC(=O)O[C@H]1C(=O)[C@@]2(C)[C@H]([C@H](OC(=O)c3ccccc3)[C@]3(O)C[C@H](OC(=O)[C@H](OC(C)=O)C(NC(=O)c4ccccc4)c4ccccc4)C(C)=C1C3(C)C)[C@]1(OC(C)=O)CO[C@@H]1C[C@@H]2O. The number of carbonyl (C=O) groups is 7. The maximum absolute atomic E-state index is 15.6. The number of benzene rings is 3. The minimum absolute atomic E-state index is 0.0218. The predicted octanol–water partition coefficient (Wildman–Crippen LogP) is 4.31. The third-order valence-electron chi connectivity index (χ3n) is 13.8. The average Bonchev–Trinajstić information content (AvgIpc) is 3.26. The highest BCUT2D eigenvalue weighted by Crippen LogP contribution is 2.64. The average molecular weight is 896 g/mol. The summed E-state index contributed by atoms with van der Waals surface area (Å²) < 4.78 is 36.2.